The van der Waals surface area contributed by atoms with E-state index in [1.165, 1.54) is 20.3 Å². The number of carbonyl (C=O) groups is 2. The molecule has 1 rings (SSSR count). The molecule has 0 aromatic heterocycles. The Balaban J connectivity index is 3.18. The fourth-order valence-electron chi connectivity index (χ4n) is 1.35. The van der Waals surface area contributed by atoms with Crippen LogP contribution in [-0.4, -0.2) is 26.2 Å². The molecule has 0 spiro atoms. The highest BCUT2D eigenvalue weighted by Crippen LogP contribution is 2.22. The SMILES string of the molecule is COC(=O)C(=Cc1ccc(CBr)c(Cl)c1)C(=O)OC. The molecule has 102 valence electrons. The third-order valence-electron chi connectivity index (χ3n) is 2.34. The Morgan fingerprint density at radius 1 is 1.26 bits per heavy atom. The van der Waals surface area contributed by atoms with Gasteiger partial charge < -0.3 is 9.47 Å². The molecule has 0 saturated carbocycles. The average Bonchev–Trinajstić information content (AvgIpc) is 2.43. The molecule has 0 aliphatic rings. The summed E-state index contributed by atoms with van der Waals surface area (Å²) in [6.07, 6.45) is 1.38. The Morgan fingerprint density at radius 2 is 1.84 bits per heavy atom. The summed E-state index contributed by atoms with van der Waals surface area (Å²) in [5.74, 6) is -1.51. The van der Waals surface area contributed by atoms with E-state index in [2.05, 4.69) is 25.4 Å². The fraction of sp³-hybridized carbons (Fsp3) is 0.231. The van der Waals surface area contributed by atoms with E-state index in [-0.39, 0.29) is 5.57 Å². The number of ether oxygens (including phenoxy) is 2. The van der Waals surface area contributed by atoms with E-state index in [9.17, 15) is 9.59 Å². The van der Waals surface area contributed by atoms with Gasteiger partial charge in [-0.25, -0.2) is 9.59 Å². The minimum Gasteiger partial charge on any atom is -0.465 e. The summed E-state index contributed by atoms with van der Waals surface area (Å²) in [4.78, 5) is 23.0. The molecule has 0 radical (unpaired) electrons. The smallest absolute Gasteiger partial charge is 0.345 e. The Hall–Kier alpha value is -1.33. The van der Waals surface area contributed by atoms with Crippen molar-refractivity contribution in [1.29, 1.82) is 0 Å². The number of alkyl halides is 1. The van der Waals surface area contributed by atoms with E-state index in [0.29, 0.717) is 15.9 Å². The largest absolute Gasteiger partial charge is 0.465 e. The second-order valence-electron chi connectivity index (χ2n) is 3.53. The van der Waals surface area contributed by atoms with Crippen molar-refractivity contribution in [3.05, 3.63) is 39.9 Å². The first-order chi connectivity index (χ1) is 9.03. The van der Waals surface area contributed by atoms with Crippen molar-refractivity contribution in [3.8, 4) is 0 Å². The van der Waals surface area contributed by atoms with Crippen LogP contribution in [0.4, 0.5) is 0 Å². The summed E-state index contributed by atoms with van der Waals surface area (Å²) in [6, 6.07) is 5.20. The summed E-state index contributed by atoms with van der Waals surface area (Å²) in [5, 5.41) is 1.16. The Kier molecular flexibility index (Phi) is 6.05. The van der Waals surface area contributed by atoms with Gasteiger partial charge in [0.05, 0.1) is 14.2 Å². The highest BCUT2D eigenvalue weighted by molar-refractivity contribution is 9.08. The fourth-order valence-corrected chi connectivity index (χ4v) is 2.26. The third-order valence-corrected chi connectivity index (χ3v) is 3.30. The Bertz CT molecular complexity index is 507. The van der Waals surface area contributed by atoms with E-state index in [1.54, 1.807) is 18.2 Å². The first-order valence-corrected chi connectivity index (χ1v) is 6.76. The van der Waals surface area contributed by atoms with Crippen LogP contribution >= 0.6 is 27.5 Å². The molecule has 6 heteroatoms. The summed E-state index contributed by atoms with van der Waals surface area (Å²) < 4.78 is 9.07. The van der Waals surface area contributed by atoms with Crippen molar-refractivity contribution in [2.24, 2.45) is 0 Å². The number of halogens is 2. The first kappa shape index (κ1) is 15.7. The van der Waals surface area contributed by atoms with Gasteiger partial charge in [-0.2, -0.15) is 0 Å². The maximum absolute atomic E-state index is 11.5. The van der Waals surface area contributed by atoms with E-state index >= 15 is 0 Å². The minimum absolute atomic E-state index is 0.187. The van der Waals surface area contributed by atoms with Gasteiger partial charge in [0.15, 0.2) is 0 Å². The highest BCUT2D eigenvalue weighted by Gasteiger charge is 2.19. The molecule has 19 heavy (non-hydrogen) atoms. The van der Waals surface area contributed by atoms with E-state index < -0.39 is 11.9 Å². The molecular formula is C13H12BrClO4. The summed E-state index contributed by atoms with van der Waals surface area (Å²) in [5.41, 5.74) is 1.34. The van der Waals surface area contributed by atoms with Crippen LogP contribution in [0.1, 0.15) is 11.1 Å². The first-order valence-electron chi connectivity index (χ1n) is 5.26. The van der Waals surface area contributed by atoms with Crippen LogP contribution in [-0.2, 0) is 24.4 Å². The number of hydrogen-bond acceptors (Lipinski definition) is 4. The van der Waals surface area contributed by atoms with Gasteiger partial charge in [0.2, 0.25) is 0 Å². The summed E-state index contributed by atoms with van der Waals surface area (Å²) >= 11 is 9.35. The zero-order valence-corrected chi connectivity index (χ0v) is 12.7. The monoisotopic (exact) mass is 346 g/mol. The minimum atomic E-state index is -0.757. The molecule has 0 bridgehead atoms. The normalized spacial score (nSPS) is 9.68. The van der Waals surface area contributed by atoms with Gasteiger partial charge in [0, 0.05) is 10.4 Å². The predicted molar refractivity (Wildman–Crippen MR) is 76.1 cm³/mol. The van der Waals surface area contributed by atoms with Gasteiger partial charge in [-0.1, -0.05) is 39.7 Å². The zero-order chi connectivity index (χ0) is 14.4. The highest BCUT2D eigenvalue weighted by atomic mass is 79.9. The number of esters is 2. The van der Waals surface area contributed by atoms with Crippen molar-refractivity contribution in [2.45, 2.75) is 5.33 Å². The molecule has 0 unspecified atom stereocenters. The van der Waals surface area contributed by atoms with Crippen LogP contribution in [0.3, 0.4) is 0 Å². The van der Waals surface area contributed by atoms with Crippen LogP contribution in [0.5, 0.6) is 0 Å². The van der Waals surface area contributed by atoms with E-state index in [4.69, 9.17) is 11.6 Å². The lowest BCUT2D eigenvalue weighted by Crippen LogP contribution is -2.15. The second-order valence-corrected chi connectivity index (χ2v) is 4.49. The van der Waals surface area contributed by atoms with Gasteiger partial charge in [0.1, 0.15) is 5.57 Å². The quantitative estimate of drug-likeness (QED) is 0.276. The van der Waals surface area contributed by atoms with Crippen molar-refractivity contribution >= 4 is 45.5 Å². The van der Waals surface area contributed by atoms with Crippen LogP contribution < -0.4 is 0 Å². The van der Waals surface area contributed by atoms with Crippen molar-refractivity contribution in [1.82, 2.24) is 0 Å². The maximum atomic E-state index is 11.5. The number of rotatable bonds is 4. The molecule has 0 aliphatic heterocycles. The number of benzene rings is 1. The molecule has 0 atom stereocenters. The summed E-state index contributed by atoms with van der Waals surface area (Å²) in [7, 11) is 2.39. The van der Waals surface area contributed by atoms with Crippen molar-refractivity contribution < 1.29 is 19.1 Å². The molecule has 1 aromatic carbocycles. The second kappa shape index (κ2) is 7.31. The van der Waals surface area contributed by atoms with Gasteiger partial charge in [-0.15, -0.1) is 0 Å². The number of methoxy groups -OCH3 is 2. The van der Waals surface area contributed by atoms with Crippen LogP contribution in [0.15, 0.2) is 23.8 Å². The molecule has 0 amide bonds. The van der Waals surface area contributed by atoms with Crippen LogP contribution in [0.2, 0.25) is 5.02 Å². The zero-order valence-electron chi connectivity index (χ0n) is 10.4. The molecular weight excluding hydrogens is 335 g/mol. The van der Waals surface area contributed by atoms with Gasteiger partial charge >= 0.3 is 11.9 Å². The van der Waals surface area contributed by atoms with E-state index in [1.807, 2.05) is 0 Å². The molecule has 0 heterocycles. The third kappa shape index (κ3) is 4.08. The molecule has 4 nitrogen and oxygen atoms in total. The Morgan fingerprint density at radius 3 is 2.26 bits per heavy atom. The standard InChI is InChI=1S/C13H12BrClO4/c1-18-12(16)10(13(17)19-2)5-8-3-4-9(7-14)11(15)6-8/h3-6H,7H2,1-2H3. The molecule has 0 saturated heterocycles. The van der Waals surface area contributed by atoms with Crippen molar-refractivity contribution in [2.75, 3.05) is 14.2 Å². The van der Waals surface area contributed by atoms with E-state index in [0.717, 1.165) is 5.56 Å². The number of hydrogen-bond donors (Lipinski definition) is 0. The van der Waals surface area contributed by atoms with Gasteiger partial charge in [0.25, 0.3) is 0 Å². The molecule has 0 fully saturated rings. The lowest BCUT2D eigenvalue weighted by molar-refractivity contribution is -0.143. The van der Waals surface area contributed by atoms with Gasteiger partial charge in [-0.05, 0) is 23.3 Å². The number of carbonyl (C=O) groups excluding carboxylic acids is 2. The average molecular weight is 348 g/mol. The molecule has 0 aliphatic carbocycles. The van der Waals surface area contributed by atoms with Crippen LogP contribution in [0, 0.1) is 0 Å². The lowest BCUT2D eigenvalue weighted by Gasteiger charge is -2.05. The van der Waals surface area contributed by atoms with Crippen LogP contribution in [0.25, 0.3) is 6.08 Å². The predicted octanol–water partition coefficient (Wildman–Crippen LogP) is 2.96. The maximum Gasteiger partial charge on any atom is 0.345 e. The van der Waals surface area contributed by atoms with Crippen molar-refractivity contribution in [3.63, 3.8) is 0 Å². The Labute approximate surface area is 124 Å². The molecule has 0 N–H and O–H groups in total. The topological polar surface area (TPSA) is 52.6 Å². The molecule has 1 aromatic rings. The lowest BCUT2D eigenvalue weighted by atomic mass is 10.1. The van der Waals surface area contributed by atoms with Gasteiger partial charge in [-0.3, -0.25) is 0 Å². The summed E-state index contributed by atoms with van der Waals surface area (Å²) in [6.45, 7) is 0.